The maximum Gasteiger partial charge on any atom is 0.251 e. The number of methoxy groups -OCH3 is 4. The van der Waals surface area contributed by atoms with Gasteiger partial charge in [0.15, 0.2) is 11.5 Å². The predicted octanol–water partition coefficient (Wildman–Crippen LogP) is 2.65. The van der Waals surface area contributed by atoms with Crippen molar-refractivity contribution in [3.63, 3.8) is 0 Å². The van der Waals surface area contributed by atoms with E-state index >= 15 is 0 Å². The van der Waals surface area contributed by atoms with Gasteiger partial charge in [0.25, 0.3) is 5.91 Å². The third kappa shape index (κ3) is 6.77. The van der Waals surface area contributed by atoms with E-state index in [1.54, 1.807) is 7.11 Å². The summed E-state index contributed by atoms with van der Waals surface area (Å²) in [5, 5.41) is 5.57. The van der Waals surface area contributed by atoms with Crippen LogP contribution in [-0.4, -0.2) is 71.3 Å². The summed E-state index contributed by atoms with van der Waals surface area (Å²) in [4.78, 5) is 27.4. The van der Waals surface area contributed by atoms with Crippen LogP contribution in [0.4, 0.5) is 0 Å². The topological polar surface area (TPSA) is 98.4 Å². The molecule has 0 heterocycles. The van der Waals surface area contributed by atoms with Gasteiger partial charge in [-0.2, -0.15) is 0 Å². The van der Waals surface area contributed by atoms with Gasteiger partial charge in [0.1, 0.15) is 5.75 Å². The number of benzene rings is 2. The van der Waals surface area contributed by atoms with Crippen molar-refractivity contribution in [3.05, 3.63) is 47.5 Å². The van der Waals surface area contributed by atoms with Gasteiger partial charge in [-0.25, -0.2) is 0 Å². The summed E-state index contributed by atoms with van der Waals surface area (Å²) in [6, 6.07) is 10.9. The molecule has 2 amide bonds. The normalized spacial score (nSPS) is 11.5. The Morgan fingerprint density at radius 1 is 0.882 bits per heavy atom. The standard InChI is InChI=1S/C25H35N3O6/c1-7-28(8-2)20(17-10-9-11-19(12-17)31-3)15-26-23(29)16-27-25(30)18-13-21(32-4)24(34-6)22(14-18)33-5/h9-14,20H,7-8,15-16H2,1-6H3,(H,26,29)(H,27,30). The average Bonchev–Trinajstić information content (AvgIpc) is 2.88. The highest BCUT2D eigenvalue weighted by molar-refractivity contribution is 5.97. The number of hydrogen-bond acceptors (Lipinski definition) is 7. The summed E-state index contributed by atoms with van der Waals surface area (Å²) in [5.41, 5.74) is 1.34. The van der Waals surface area contributed by atoms with Crippen LogP contribution in [0.15, 0.2) is 36.4 Å². The molecule has 0 radical (unpaired) electrons. The van der Waals surface area contributed by atoms with Gasteiger partial charge in [-0.1, -0.05) is 26.0 Å². The van der Waals surface area contributed by atoms with Crippen molar-refractivity contribution in [1.29, 1.82) is 0 Å². The maximum absolute atomic E-state index is 12.7. The summed E-state index contributed by atoms with van der Waals surface area (Å²) in [6.07, 6.45) is 0. The Morgan fingerprint density at radius 2 is 1.53 bits per heavy atom. The first-order valence-electron chi connectivity index (χ1n) is 11.1. The van der Waals surface area contributed by atoms with Crippen molar-refractivity contribution < 1.29 is 28.5 Å². The van der Waals surface area contributed by atoms with E-state index in [-0.39, 0.29) is 18.5 Å². The summed E-state index contributed by atoms with van der Waals surface area (Å²) in [7, 11) is 6.06. The quantitative estimate of drug-likeness (QED) is 0.462. The zero-order valence-electron chi connectivity index (χ0n) is 20.8. The van der Waals surface area contributed by atoms with E-state index in [0.29, 0.717) is 29.4 Å². The van der Waals surface area contributed by atoms with Crippen LogP contribution in [0.1, 0.15) is 35.8 Å². The van der Waals surface area contributed by atoms with Crippen LogP contribution in [-0.2, 0) is 4.79 Å². The fraction of sp³-hybridized carbons (Fsp3) is 0.440. The summed E-state index contributed by atoms with van der Waals surface area (Å²) >= 11 is 0. The molecule has 1 atom stereocenters. The zero-order valence-corrected chi connectivity index (χ0v) is 20.8. The Kier molecular flexibility index (Phi) is 10.5. The highest BCUT2D eigenvalue weighted by Gasteiger charge is 2.21. The first kappa shape index (κ1) is 26.8. The second-order valence-corrected chi connectivity index (χ2v) is 7.41. The van der Waals surface area contributed by atoms with Gasteiger partial charge < -0.3 is 29.6 Å². The van der Waals surface area contributed by atoms with E-state index < -0.39 is 5.91 Å². The van der Waals surface area contributed by atoms with Crippen LogP contribution in [0, 0.1) is 0 Å². The van der Waals surface area contributed by atoms with E-state index in [1.165, 1.54) is 33.5 Å². The second kappa shape index (κ2) is 13.3. The zero-order chi connectivity index (χ0) is 25.1. The lowest BCUT2D eigenvalue weighted by Gasteiger charge is -2.30. The molecule has 0 saturated carbocycles. The molecular formula is C25H35N3O6. The minimum Gasteiger partial charge on any atom is -0.497 e. The summed E-state index contributed by atoms with van der Waals surface area (Å²) in [6.45, 7) is 6.04. The fourth-order valence-electron chi connectivity index (χ4n) is 3.72. The Morgan fingerprint density at radius 3 is 2.06 bits per heavy atom. The molecule has 0 aliphatic rings. The lowest BCUT2D eigenvalue weighted by atomic mass is 10.0. The molecule has 0 aromatic heterocycles. The highest BCUT2D eigenvalue weighted by Crippen LogP contribution is 2.38. The van der Waals surface area contributed by atoms with Crippen LogP contribution in [0.5, 0.6) is 23.0 Å². The SMILES string of the molecule is CCN(CC)C(CNC(=O)CNC(=O)c1cc(OC)c(OC)c(OC)c1)c1cccc(OC)c1. The summed E-state index contributed by atoms with van der Waals surface area (Å²) in [5.74, 6) is 1.15. The van der Waals surface area contributed by atoms with E-state index in [1.807, 2.05) is 24.3 Å². The molecular weight excluding hydrogens is 438 g/mol. The Labute approximate surface area is 201 Å². The van der Waals surface area contributed by atoms with Crippen molar-refractivity contribution in [3.8, 4) is 23.0 Å². The van der Waals surface area contributed by atoms with Gasteiger partial charge >= 0.3 is 0 Å². The fourth-order valence-corrected chi connectivity index (χ4v) is 3.72. The Hall–Kier alpha value is -3.46. The van der Waals surface area contributed by atoms with Crippen LogP contribution < -0.4 is 29.6 Å². The van der Waals surface area contributed by atoms with E-state index in [0.717, 1.165) is 24.4 Å². The predicted molar refractivity (Wildman–Crippen MR) is 130 cm³/mol. The van der Waals surface area contributed by atoms with Gasteiger partial charge in [0, 0.05) is 12.1 Å². The van der Waals surface area contributed by atoms with Crippen LogP contribution in [0.3, 0.4) is 0 Å². The van der Waals surface area contributed by atoms with Crippen LogP contribution in [0.25, 0.3) is 0 Å². The number of nitrogens with one attached hydrogen (secondary N) is 2. The largest absolute Gasteiger partial charge is 0.497 e. The van der Waals surface area contributed by atoms with Crippen molar-refractivity contribution in [2.24, 2.45) is 0 Å². The van der Waals surface area contributed by atoms with Gasteiger partial charge in [-0.3, -0.25) is 14.5 Å². The van der Waals surface area contributed by atoms with E-state index in [4.69, 9.17) is 18.9 Å². The molecule has 1 unspecified atom stereocenters. The minimum absolute atomic E-state index is 0.0279. The number of nitrogens with zero attached hydrogens (tertiary/aromatic N) is 1. The van der Waals surface area contributed by atoms with Crippen molar-refractivity contribution in [2.45, 2.75) is 19.9 Å². The highest BCUT2D eigenvalue weighted by atomic mass is 16.5. The van der Waals surface area contributed by atoms with Crippen LogP contribution >= 0.6 is 0 Å². The third-order valence-electron chi connectivity index (χ3n) is 5.56. The number of carbonyl (C=O) groups is 2. The Balaban J connectivity index is 2.04. The molecule has 2 N–H and O–H groups in total. The molecule has 0 fully saturated rings. The number of rotatable bonds is 13. The van der Waals surface area contributed by atoms with Crippen LogP contribution in [0.2, 0.25) is 0 Å². The molecule has 9 nitrogen and oxygen atoms in total. The number of hydrogen-bond donors (Lipinski definition) is 2. The molecule has 0 aliphatic carbocycles. The first-order valence-corrected chi connectivity index (χ1v) is 11.1. The number of ether oxygens (including phenoxy) is 4. The van der Waals surface area contributed by atoms with E-state index in [2.05, 4.69) is 29.4 Å². The van der Waals surface area contributed by atoms with Crippen molar-refractivity contribution in [2.75, 3.05) is 54.6 Å². The molecule has 0 aliphatic heterocycles. The lowest BCUT2D eigenvalue weighted by Crippen LogP contribution is -2.42. The van der Waals surface area contributed by atoms with Crippen molar-refractivity contribution >= 4 is 11.8 Å². The molecule has 2 aromatic carbocycles. The molecule has 0 bridgehead atoms. The molecule has 186 valence electrons. The molecule has 9 heteroatoms. The van der Waals surface area contributed by atoms with Gasteiger partial charge in [-0.15, -0.1) is 0 Å². The summed E-state index contributed by atoms with van der Waals surface area (Å²) < 4.78 is 21.2. The smallest absolute Gasteiger partial charge is 0.251 e. The maximum atomic E-state index is 12.7. The monoisotopic (exact) mass is 473 g/mol. The Bertz CT molecular complexity index is 936. The number of amides is 2. The van der Waals surface area contributed by atoms with Gasteiger partial charge in [0.2, 0.25) is 11.7 Å². The number of likely N-dealkylation sites (N-methyl/N-ethyl adjacent to an activating group) is 1. The molecule has 2 rings (SSSR count). The third-order valence-corrected chi connectivity index (χ3v) is 5.56. The molecule has 34 heavy (non-hydrogen) atoms. The lowest BCUT2D eigenvalue weighted by molar-refractivity contribution is -0.120. The number of carbonyl (C=O) groups excluding carboxylic acids is 2. The molecule has 0 spiro atoms. The minimum atomic E-state index is -0.428. The van der Waals surface area contributed by atoms with Gasteiger partial charge in [0.05, 0.1) is 41.0 Å². The molecule has 2 aromatic rings. The first-order chi connectivity index (χ1) is 16.4. The van der Waals surface area contributed by atoms with E-state index in [9.17, 15) is 9.59 Å². The van der Waals surface area contributed by atoms with Gasteiger partial charge in [-0.05, 0) is 42.9 Å². The van der Waals surface area contributed by atoms with Crippen molar-refractivity contribution in [1.82, 2.24) is 15.5 Å². The average molecular weight is 474 g/mol. The second-order valence-electron chi connectivity index (χ2n) is 7.41. The molecule has 0 saturated heterocycles.